The summed E-state index contributed by atoms with van der Waals surface area (Å²) < 4.78 is 0. The Hall–Kier alpha value is -1.85. The molecule has 2 aliphatic rings. The Bertz CT molecular complexity index is 460. The summed E-state index contributed by atoms with van der Waals surface area (Å²) in [7, 11) is 1.55. The van der Waals surface area contributed by atoms with Gasteiger partial charge < -0.3 is 15.3 Å². The maximum atomic E-state index is 12.4. The number of carboxylic acids is 1. The molecule has 0 aromatic heterocycles. The van der Waals surface area contributed by atoms with Gasteiger partial charge in [-0.3, -0.25) is 14.4 Å². The summed E-state index contributed by atoms with van der Waals surface area (Å²) >= 11 is 0. The first-order valence-corrected chi connectivity index (χ1v) is 6.88. The third kappa shape index (κ3) is 2.55. The lowest BCUT2D eigenvalue weighted by Gasteiger charge is -2.28. The minimum absolute atomic E-state index is 0.00899. The van der Waals surface area contributed by atoms with Crippen molar-refractivity contribution >= 4 is 17.8 Å². The second kappa shape index (κ2) is 5.64. The Balaban J connectivity index is 2.06. The fourth-order valence-corrected chi connectivity index (χ4v) is 3.30. The molecule has 2 amide bonds. The van der Waals surface area contributed by atoms with Crippen molar-refractivity contribution in [3.05, 3.63) is 12.2 Å². The van der Waals surface area contributed by atoms with E-state index in [1.54, 1.807) is 14.0 Å². The van der Waals surface area contributed by atoms with Gasteiger partial charge >= 0.3 is 5.97 Å². The molecule has 2 rings (SSSR count). The molecule has 1 fully saturated rings. The van der Waals surface area contributed by atoms with Gasteiger partial charge in [0.2, 0.25) is 11.8 Å². The zero-order valence-corrected chi connectivity index (χ0v) is 11.7. The Morgan fingerprint density at radius 2 is 1.85 bits per heavy atom. The van der Waals surface area contributed by atoms with E-state index in [0.29, 0.717) is 6.54 Å². The molecular formula is C14H20N2O4. The Labute approximate surface area is 117 Å². The zero-order valence-electron chi connectivity index (χ0n) is 11.7. The number of carboxylic acid groups (broad SMARTS) is 1. The number of carbonyl (C=O) groups excluding carboxylic acids is 2. The van der Waals surface area contributed by atoms with Crippen LogP contribution in [0.1, 0.15) is 13.3 Å². The van der Waals surface area contributed by atoms with Crippen LogP contribution in [0.4, 0.5) is 0 Å². The number of aliphatic carboxylic acids is 1. The lowest BCUT2D eigenvalue weighted by molar-refractivity contribution is -0.151. The first-order valence-electron chi connectivity index (χ1n) is 6.88. The van der Waals surface area contributed by atoms with Gasteiger partial charge in [-0.15, -0.1) is 0 Å². The molecule has 2 unspecified atom stereocenters. The highest BCUT2D eigenvalue weighted by Gasteiger charge is 2.52. The van der Waals surface area contributed by atoms with Gasteiger partial charge in [-0.25, -0.2) is 0 Å². The molecule has 2 bridgehead atoms. The normalized spacial score (nSPS) is 30.3. The van der Waals surface area contributed by atoms with E-state index in [-0.39, 0.29) is 30.2 Å². The number of hydrogen-bond acceptors (Lipinski definition) is 3. The van der Waals surface area contributed by atoms with E-state index < -0.39 is 17.8 Å². The minimum Gasteiger partial charge on any atom is -0.481 e. The van der Waals surface area contributed by atoms with Gasteiger partial charge in [0.25, 0.3) is 0 Å². The van der Waals surface area contributed by atoms with Crippen LogP contribution in [0.3, 0.4) is 0 Å². The van der Waals surface area contributed by atoms with Crippen molar-refractivity contribution in [1.82, 2.24) is 10.2 Å². The van der Waals surface area contributed by atoms with Crippen LogP contribution in [0.2, 0.25) is 0 Å². The number of allylic oxidation sites excluding steroid dienone is 2. The van der Waals surface area contributed by atoms with E-state index in [2.05, 4.69) is 5.32 Å². The van der Waals surface area contributed by atoms with E-state index >= 15 is 0 Å². The molecule has 4 atom stereocenters. The van der Waals surface area contributed by atoms with E-state index in [4.69, 9.17) is 0 Å². The molecule has 0 aliphatic heterocycles. The van der Waals surface area contributed by atoms with Crippen molar-refractivity contribution in [2.75, 3.05) is 20.1 Å². The molecule has 2 N–H and O–H groups in total. The summed E-state index contributed by atoms with van der Waals surface area (Å²) in [6, 6.07) is 0. The van der Waals surface area contributed by atoms with Crippen molar-refractivity contribution in [3.8, 4) is 0 Å². The first kappa shape index (κ1) is 14.6. The molecule has 0 radical (unpaired) electrons. The van der Waals surface area contributed by atoms with Gasteiger partial charge in [-0.2, -0.15) is 0 Å². The SMILES string of the molecule is CCNC(=O)CN(C)C(=O)[C@H]1C2C=CC(C2)[C@H]1C(=O)O. The second-order valence-electron chi connectivity index (χ2n) is 5.49. The number of hydrogen-bond donors (Lipinski definition) is 2. The number of nitrogens with one attached hydrogen (secondary N) is 1. The van der Waals surface area contributed by atoms with Crippen LogP contribution < -0.4 is 5.32 Å². The monoisotopic (exact) mass is 280 g/mol. The van der Waals surface area contributed by atoms with Crippen molar-refractivity contribution in [3.63, 3.8) is 0 Å². The van der Waals surface area contributed by atoms with E-state index in [0.717, 1.165) is 6.42 Å². The quantitative estimate of drug-likeness (QED) is 0.699. The maximum Gasteiger partial charge on any atom is 0.307 e. The predicted molar refractivity (Wildman–Crippen MR) is 71.7 cm³/mol. The third-order valence-corrected chi connectivity index (χ3v) is 4.16. The van der Waals surface area contributed by atoms with Crippen LogP contribution in [0.25, 0.3) is 0 Å². The Morgan fingerprint density at radius 3 is 2.40 bits per heavy atom. The number of fused-ring (bicyclic) bond motifs is 2. The minimum atomic E-state index is -0.924. The standard InChI is InChI=1S/C14H20N2O4/c1-3-15-10(17)7-16(2)13(18)11-8-4-5-9(6-8)12(11)14(19)20/h4-5,8-9,11-12H,3,6-7H2,1-2H3,(H,15,17)(H,19,20)/t8?,9?,11-,12+/m0/s1. The molecule has 6 nitrogen and oxygen atoms in total. The number of rotatable bonds is 5. The van der Waals surface area contributed by atoms with Gasteiger partial charge in [0, 0.05) is 13.6 Å². The van der Waals surface area contributed by atoms with Crippen LogP contribution in [-0.4, -0.2) is 47.9 Å². The largest absolute Gasteiger partial charge is 0.481 e. The molecule has 0 aromatic carbocycles. The first-order chi connectivity index (χ1) is 9.45. The van der Waals surface area contributed by atoms with Crippen LogP contribution in [0.15, 0.2) is 12.2 Å². The molecule has 110 valence electrons. The smallest absolute Gasteiger partial charge is 0.307 e. The zero-order chi connectivity index (χ0) is 14.9. The molecular weight excluding hydrogens is 260 g/mol. The molecule has 1 saturated carbocycles. The average Bonchev–Trinajstić information content (AvgIpc) is 2.97. The lowest BCUT2D eigenvalue weighted by Crippen LogP contribution is -2.45. The number of nitrogens with zero attached hydrogens (tertiary/aromatic N) is 1. The number of carbonyl (C=O) groups is 3. The van der Waals surface area contributed by atoms with Crippen LogP contribution in [0.5, 0.6) is 0 Å². The summed E-state index contributed by atoms with van der Waals surface area (Å²) in [5, 5.41) is 11.9. The summed E-state index contributed by atoms with van der Waals surface area (Å²) in [4.78, 5) is 36.7. The fourth-order valence-electron chi connectivity index (χ4n) is 3.30. The van der Waals surface area contributed by atoms with Crippen molar-refractivity contribution in [2.24, 2.45) is 23.7 Å². The molecule has 0 aromatic rings. The molecule has 0 saturated heterocycles. The number of amides is 2. The second-order valence-corrected chi connectivity index (χ2v) is 5.49. The van der Waals surface area contributed by atoms with Crippen LogP contribution in [-0.2, 0) is 14.4 Å². The van der Waals surface area contributed by atoms with Crippen molar-refractivity contribution in [1.29, 1.82) is 0 Å². The van der Waals surface area contributed by atoms with Gasteiger partial charge in [0.15, 0.2) is 0 Å². The molecule has 0 heterocycles. The van der Waals surface area contributed by atoms with E-state index in [1.807, 2.05) is 12.2 Å². The summed E-state index contributed by atoms with van der Waals surface area (Å²) in [6.07, 6.45) is 4.56. The van der Waals surface area contributed by atoms with Gasteiger partial charge in [0.1, 0.15) is 0 Å². The van der Waals surface area contributed by atoms with Gasteiger partial charge in [-0.1, -0.05) is 12.2 Å². The lowest BCUT2D eigenvalue weighted by atomic mass is 9.82. The highest BCUT2D eigenvalue weighted by molar-refractivity contribution is 5.89. The predicted octanol–water partition coefficient (Wildman–Crippen LogP) is 0.104. The highest BCUT2D eigenvalue weighted by Crippen LogP contribution is 2.48. The summed E-state index contributed by atoms with van der Waals surface area (Å²) in [5.41, 5.74) is 0. The maximum absolute atomic E-state index is 12.4. The van der Waals surface area contributed by atoms with E-state index in [9.17, 15) is 19.5 Å². The third-order valence-electron chi connectivity index (χ3n) is 4.16. The van der Waals surface area contributed by atoms with Gasteiger partial charge in [-0.05, 0) is 25.2 Å². The fraction of sp³-hybridized carbons (Fsp3) is 0.643. The summed E-state index contributed by atoms with van der Waals surface area (Å²) in [6.45, 7) is 2.28. The van der Waals surface area contributed by atoms with Crippen LogP contribution >= 0.6 is 0 Å². The Kier molecular flexibility index (Phi) is 4.11. The Morgan fingerprint density at radius 1 is 1.25 bits per heavy atom. The highest BCUT2D eigenvalue weighted by atomic mass is 16.4. The van der Waals surface area contributed by atoms with E-state index in [1.165, 1.54) is 4.90 Å². The number of likely N-dealkylation sites (N-methyl/N-ethyl adjacent to an activating group) is 2. The average molecular weight is 280 g/mol. The topological polar surface area (TPSA) is 86.7 Å². The van der Waals surface area contributed by atoms with Crippen molar-refractivity contribution in [2.45, 2.75) is 13.3 Å². The van der Waals surface area contributed by atoms with Gasteiger partial charge in [0.05, 0.1) is 18.4 Å². The van der Waals surface area contributed by atoms with Crippen molar-refractivity contribution < 1.29 is 19.5 Å². The summed E-state index contributed by atoms with van der Waals surface area (Å²) in [5.74, 6) is -2.66. The van der Waals surface area contributed by atoms with Crippen LogP contribution in [0, 0.1) is 23.7 Å². The molecule has 6 heteroatoms. The molecule has 20 heavy (non-hydrogen) atoms. The molecule has 2 aliphatic carbocycles. The molecule has 0 spiro atoms.